The van der Waals surface area contributed by atoms with Crippen molar-refractivity contribution in [3.05, 3.63) is 0 Å². The van der Waals surface area contributed by atoms with E-state index in [4.69, 9.17) is 14.2 Å². The molecule has 0 amide bonds. The van der Waals surface area contributed by atoms with Crippen LogP contribution in [-0.4, -0.2) is 68.8 Å². The van der Waals surface area contributed by atoms with E-state index >= 15 is 0 Å². The van der Waals surface area contributed by atoms with Crippen LogP contribution in [0, 0.1) is 0 Å². The second kappa shape index (κ2) is 5.01. The summed E-state index contributed by atoms with van der Waals surface area (Å²) in [5.74, 6) is 0. The molecular weight excluding hydrogens is 188 g/mol. The summed E-state index contributed by atoms with van der Waals surface area (Å²) in [4.78, 5) is 3.33. The van der Waals surface area contributed by atoms with Crippen molar-refractivity contribution in [2.75, 3.05) is 35.1 Å². The van der Waals surface area contributed by atoms with Gasteiger partial charge in [0, 0.05) is 21.3 Å². The first kappa shape index (κ1) is 11.8. The summed E-state index contributed by atoms with van der Waals surface area (Å²) in [6.07, 6.45) is -1.35. The fourth-order valence-electron chi connectivity index (χ4n) is 1.69. The van der Waals surface area contributed by atoms with Gasteiger partial charge in [-0.1, -0.05) is 0 Å². The van der Waals surface area contributed by atoms with Crippen molar-refractivity contribution in [1.82, 2.24) is 9.80 Å². The smallest absolute Gasteiger partial charge is 0.171 e. The molecule has 0 aliphatic carbocycles. The van der Waals surface area contributed by atoms with E-state index in [1.165, 1.54) is 0 Å². The first-order valence-electron chi connectivity index (χ1n) is 4.37. The molecule has 0 aromatic heterocycles. The summed E-state index contributed by atoms with van der Waals surface area (Å²) < 4.78 is 15.4. The van der Waals surface area contributed by atoms with E-state index in [9.17, 15) is 5.11 Å². The molecule has 0 bridgehead atoms. The molecule has 0 spiro atoms. The first-order valence-corrected chi connectivity index (χ1v) is 4.37. The molecule has 1 aliphatic rings. The van der Waals surface area contributed by atoms with Gasteiger partial charge in [-0.15, -0.1) is 0 Å². The van der Waals surface area contributed by atoms with Gasteiger partial charge in [0.25, 0.3) is 0 Å². The molecule has 6 nitrogen and oxygen atoms in total. The number of aliphatic hydroxyl groups is 1. The summed E-state index contributed by atoms with van der Waals surface area (Å²) >= 11 is 0. The molecule has 0 radical (unpaired) electrons. The highest BCUT2D eigenvalue weighted by Crippen LogP contribution is 2.24. The fraction of sp³-hybridized carbons (Fsp3) is 1.00. The summed E-state index contributed by atoms with van der Waals surface area (Å²) in [7, 11) is 6.49. The van der Waals surface area contributed by atoms with Crippen molar-refractivity contribution in [3.63, 3.8) is 0 Å². The molecule has 1 saturated heterocycles. The van der Waals surface area contributed by atoms with Crippen LogP contribution < -0.4 is 0 Å². The maximum absolute atomic E-state index is 9.80. The van der Waals surface area contributed by atoms with Crippen LogP contribution in [0.1, 0.15) is 0 Å². The van der Waals surface area contributed by atoms with E-state index < -0.39 is 6.35 Å². The summed E-state index contributed by atoms with van der Waals surface area (Å²) in [5, 5.41) is 9.80. The maximum atomic E-state index is 9.80. The molecule has 0 saturated carbocycles. The monoisotopic (exact) mass is 206 g/mol. The maximum Gasteiger partial charge on any atom is 0.171 e. The summed E-state index contributed by atoms with van der Waals surface area (Å²) in [5.41, 5.74) is 0. The highest BCUT2D eigenvalue weighted by Gasteiger charge is 2.45. The van der Waals surface area contributed by atoms with Gasteiger partial charge in [0.1, 0.15) is 6.73 Å². The second-order valence-electron chi connectivity index (χ2n) is 3.20. The number of ether oxygens (including phenoxy) is 3. The average Bonchev–Trinajstić information content (AvgIpc) is 2.42. The molecule has 3 atom stereocenters. The van der Waals surface area contributed by atoms with Gasteiger partial charge in [-0.05, 0) is 7.05 Å². The highest BCUT2D eigenvalue weighted by molar-refractivity contribution is 4.80. The Hall–Kier alpha value is -0.240. The van der Waals surface area contributed by atoms with E-state index in [0.29, 0.717) is 6.73 Å². The standard InChI is InChI=1S/C8H18N2O4/c1-9-6(13-3)7(14-4)10(5-12-2)8(9)11/h6-8,11H,5H2,1-4H3. The number of methoxy groups -OCH3 is 3. The molecular formula is C8H18N2O4. The minimum Gasteiger partial charge on any atom is -0.369 e. The van der Waals surface area contributed by atoms with E-state index in [2.05, 4.69) is 0 Å². The van der Waals surface area contributed by atoms with Crippen molar-refractivity contribution in [3.8, 4) is 0 Å². The average molecular weight is 206 g/mol. The largest absolute Gasteiger partial charge is 0.369 e. The fourth-order valence-corrected chi connectivity index (χ4v) is 1.69. The molecule has 1 fully saturated rings. The third kappa shape index (κ3) is 1.90. The minimum atomic E-state index is -0.746. The zero-order chi connectivity index (χ0) is 10.7. The van der Waals surface area contributed by atoms with Crippen LogP contribution in [0.3, 0.4) is 0 Å². The molecule has 1 aliphatic heterocycles. The lowest BCUT2D eigenvalue weighted by atomic mass is 10.5. The normalized spacial score (nSPS) is 35.4. The number of likely N-dealkylation sites (N-methyl/N-ethyl adjacent to an activating group) is 1. The Morgan fingerprint density at radius 2 is 1.71 bits per heavy atom. The van der Waals surface area contributed by atoms with E-state index in [1.54, 1.807) is 38.2 Å². The van der Waals surface area contributed by atoms with Gasteiger partial charge in [0.05, 0.1) is 0 Å². The minimum absolute atomic E-state index is 0.287. The third-order valence-electron chi connectivity index (χ3n) is 2.39. The lowest BCUT2D eigenvalue weighted by molar-refractivity contribution is -0.141. The molecule has 14 heavy (non-hydrogen) atoms. The molecule has 0 aromatic carbocycles. The third-order valence-corrected chi connectivity index (χ3v) is 2.39. The number of nitrogens with zero attached hydrogens (tertiary/aromatic N) is 2. The lowest BCUT2D eigenvalue weighted by Crippen LogP contribution is -2.41. The topological polar surface area (TPSA) is 54.4 Å². The van der Waals surface area contributed by atoms with E-state index in [1.807, 2.05) is 0 Å². The van der Waals surface area contributed by atoms with Crippen molar-refractivity contribution in [1.29, 1.82) is 0 Å². The van der Waals surface area contributed by atoms with Crippen LogP contribution in [0.4, 0.5) is 0 Å². The second-order valence-corrected chi connectivity index (χ2v) is 3.20. The molecule has 3 unspecified atom stereocenters. The van der Waals surface area contributed by atoms with E-state index in [0.717, 1.165) is 0 Å². The molecule has 1 rings (SSSR count). The predicted octanol–water partition coefficient (Wildman–Crippen LogP) is -0.941. The van der Waals surface area contributed by atoms with Gasteiger partial charge >= 0.3 is 0 Å². The van der Waals surface area contributed by atoms with Crippen molar-refractivity contribution in [2.45, 2.75) is 18.8 Å². The molecule has 0 aromatic rings. The number of aliphatic hydroxyl groups excluding tert-OH is 1. The Morgan fingerprint density at radius 1 is 1.14 bits per heavy atom. The van der Waals surface area contributed by atoms with Crippen LogP contribution in [0.5, 0.6) is 0 Å². The first-order chi connectivity index (χ1) is 6.67. The molecule has 6 heteroatoms. The quantitative estimate of drug-likeness (QED) is 0.640. The van der Waals surface area contributed by atoms with Gasteiger partial charge < -0.3 is 19.3 Å². The van der Waals surface area contributed by atoms with Crippen LogP contribution in [0.2, 0.25) is 0 Å². The van der Waals surface area contributed by atoms with Crippen LogP contribution in [0.15, 0.2) is 0 Å². The zero-order valence-electron chi connectivity index (χ0n) is 9.01. The lowest BCUT2D eigenvalue weighted by Gasteiger charge is -2.24. The van der Waals surface area contributed by atoms with Gasteiger partial charge in [-0.3, -0.25) is 0 Å². The van der Waals surface area contributed by atoms with Gasteiger partial charge in [-0.25, -0.2) is 9.80 Å². The van der Waals surface area contributed by atoms with E-state index in [-0.39, 0.29) is 12.5 Å². The van der Waals surface area contributed by atoms with Gasteiger partial charge in [0.15, 0.2) is 18.8 Å². The highest BCUT2D eigenvalue weighted by atomic mass is 16.6. The Kier molecular flexibility index (Phi) is 4.24. The van der Waals surface area contributed by atoms with Crippen LogP contribution in [0.25, 0.3) is 0 Å². The van der Waals surface area contributed by atoms with Crippen LogP contribution >= 0.6 is 0 Å². The summed E-state index contributed by atoms with van der Waals surface area (Å²) in [6.45, 7) is 0.296. The Balaban J connectivity index is 2.73. The molecule has 84 valence electrons. The van der Waals surface area contributed by atoms with Crippen LogP contribution in [-0.2, 0) is 14.2 Å². The van der Waals surface area contributed by atoms with Gasteiger partial charge in [0.2, 0.25) is 0 Å². The number of rotatable bonds is 4. The number of hydrogen-bond acceptors (Lipinski definition) is 6. The number of hydrogen-bond donors (Lipinski definition) is 1. The Labute approximate surface area is 83.9 Å². The van der Waals surface area contributed by atoms with Crippen molar-refractivity contribution < 1.29 is 19.3 Å². The Bertz CT molecular complexity index is 181. The Morgan fingerprint density at radius 3 is 2.14 bits per heavy atom. The predicted molar refractivity (Wildman–Crippen MR) is 49.1 cm³/mol. The SMILES string of the molecule is COCN1C(OC)C(OC)N(C)C1O. The molecule has 1 N–H and O–H groups in total. The van der Waals surface area contributed by atoms with Crippen molar-refractivity contribution >= 4 is 0 Å². The zero-order valence-corrected chi connectivity index (χ0v) is 9.01. The van der Waals surface area contributed by atoms with Gasteiger partial charge in [-0.2, -0.15) is 0 Å². The summed E-state index contributed by atoms with van der Waals surface area (Å²) in [6, 6.07) is 0. The molecule has 1 heterocycles. The van der Waals surface area contributed by atoms with Crippen molar-refractivity contribution in [2.24, 2.45) is 0 Å².